The summed E-state index contributed by atoms with van der Waals surface area (Å²) in [7, 11) is 0. The summed E-state index contributed by atoms with van der Waals surface area (Å²) >= 11 is 0. The van der Waals surface area contributed by atoms with Crippen LogP contribution in [0.1, 0.15) is 12.5 Å². The molecule has 0 unspecified atom stereocenters. The van der Waals surface area contributed by atoms with E-state index in [-0.39, 0.29) is 0 Å². The second-order valence-corrected chi connectivity index (χ2v) is 1.79. The van der Waals surface area contributed by atoms with Crippen molar-refractivity contribution in [2.45, 2.75) is 13.3 Å². The summed E-state index contributed by atoms with van der Waals surface area (Å²) < 4.78 is 0. The lowest BCUT2D eigenvalue weighted by Gasteiger charge is -1.96. The van der Waals surface area contributed by atoms with Crippen molar-refractivity contribution in [3.8, 4) is 0 Å². The Bertz CT molecular complexity index is 197. The van der Waals surface area contributed by atoms with Crippen LogP contribution < -0.4 is 5.73 Å². The van der Waals surface area contributed by atoms with Crippen LogP contribution in [0.2, 0.25) is 0 Å². The van der Waals surface area contributed by atoms with Crippen LogP contribution in [0.25, 0.3) is 0 Å². The van der Waals surface area contributed by atoms with Gasteiger partial charge >= 0.3 is 0 Å². The van der Waals surface area contributed by atoms with Crippen LogP contribution in [0.4, 0.5) is 5.82 Å². The average Bonchev–Trinajstić information content (AvgIpc) is 1.89. The molecule has 0 fully saturated rings. The number of rotatable bonds is 1. The largest absolute Gasteiger partial charge is 0.383 e. The standard InChI is InChI=1S/C6H9N3/c1-2-5-3-8-4-9-6(5)7/h3-4H,2H2,1H3,(H2,7,8,9). The fourth-order valence-electron chi connectivity index (χ4n) is 0.640. The molecule has 48 valence electrons. The number of nitrogens with two attached hydrogens (primary N) is 1. The van der Waals surface area contributed by atoms with Crippen molar-refractivity contribution >= 4 is 5.82 Å². The van der Waals surface area contributed by atoms with Gasteiger partial charge in [-0.3, -0.25) is 0 Å². The SMILES string of the molecule is CCc1cncnc1N. The minimum absolute atomic E-state index is 0.590. The Morgan fingerprint density at radius 3 is 2.89 bits per heavy atom. The highest BCUT2D eigenvalue weighted by atomic mass is 14.9. The molecule has 1 rings (SSSR count). The minimum Gasteiger partial charge on any atom is -0.383 e. The second kappa shape index (κ2) is 2.44. The normalized spacial score (nSPS) is 9.44. The number of nitrogens with zero attached hydrogens (tertiary/aromatic N) is 2. The Morgan fingerprint density at radius 2 is 2.44 bits per heavy atom. The summed E-state index contributed by atoms with van der Waals surface area (Å²) in [5, 5.41) is 0. The van der Waals surface area contributed by atoms with Crippen LogP contribution in [-0.4, -0.2) is 9.97 Å². The topological polar surface area (TPSA) is 51.8 Å². The zero-order valence-corrected chi connectivity index (χ0v) is 5.33. The van der Waals surface area contributed by atoms with Crippen LogP contribution in [0.3, 0.4) is 0 Å². The van der Waals surface area contributed by atoms with Crippen molar-refractivity contribution < 1.29 is 0 Å². The zero-order valence-electron chi connectivity index (χ0n) is 5.33. The maximum atomic E-state index is 5.48. The molecule has 0 aliphatic rings. The predicted octanol–water partition coefficient (Wildman–Crippen LogP) is 0.621. The van der Waals surface area contributed by atoms with Gasteiger partial charge in [-0.15, -0.1) is 0 Å². The van der Waals surface area contributed by atoms with Crippen molar-refractivity contribution in [3.63, 3.8) is 0 Å². The van der Waals surface area contributed by atoms with E-state index in [1.54, 1.807) is 6.20 Å². The first-order chi connectivity index (χ1) is 4.34. The highest BCUT2D eigenvalue weighted by molar-refractivity contribution is 5.35. The minimum atomic E-state index is 0.590. The third-order valence-corrected chi connectivity index (χ3v) is 1.20. The number of hydrogen-bond donors (Lipinski definition) is 1. The van der Waals surface area contributed by atoms with Crippen LogP contribution in [0.15, 0.2) is 12.5 Å². The Hall–Kier alpha value is -1.12. The Labute approximate surface area is 53.9 Å². The smallest absolute Gasteiger partial charge is 0.129 e. The van der Waals surface area contributed by atoms with Crippen LogP contribution in [0, 0.1) is 0 Å². The summed E-state index contributed by atoms with van der Waals surface area (Å²) in [5.74, 6) is 0.590. The molecular weight excluding hydrogens is 114 g/mol. The highest BCUT2D eigenvalue weighted by Crippen LogP contribution is 2.03. The van der Waals surface area contributed by atoms with Gasteiger partial charge in [-0.2, -0.15) is 0 Å². The molecule has 0 atom stereocenters. The van der Waals surface area contributed by atoms with E-state index in [2.05, 4.69) is 9.97 Å². The maximum Gasteiger partial charge on any atom is 0.129 e. The molecule has 3 heteroatoms. The fraction of sp³-hybridized carbons (Fsp3) is 0.333. The van der Waals surface area contributed by atoms with Gasteiger partial charge in [-0.1, -0.05) is 6.92 Å². The summed E-state index contributed by atoms with van der Waals surface area (Å²) in [5.41, 5.74) is 6.49. The predicted molar refractivity (Wildman–Crippen MR) is 35.8 cm³/mol. The van der Waals surface area contributed by atoms with E-state index in [0.717, 1.165) is 12.0 Å². The van der Waals surface area contributed by atoms with Crippen molar-refractivity contribution in [1.29, 1.82) is 0 Å². The molecule has 0 aromatic carbocycles. The Kier molecular flexibility index (Phi) is 1.63. The van der Waals surface area contributed by atoms with E-state index in [1.807, 2.05) is 6.92 Å². The molecule has 0 aliphatic heterocycles. The molecule has 0 aliphatic carbocycles. The number of nitrogen functional groups attached to an aromatic ring is 1. The van der Waals surface area contributed by atoms with Crippen LogP contribution in [-0.2, 0) is 6.42 Å². The third kappa shape index (κ3) is 1.16. The molecule has 0 radical (unpaired) electrons. The lowest BCUT2D eigenvalue weighted by Crippen LogP contribution is -1.96. The summed E-state index contributed by atoms with van der Waals surface area (Å²) in [4.78, 5) is 7.64. The van der Waals surface area contributed by atoms with E-state index >= 15 is 0 Å². The van der Waals surface area contributed by atoms with Crippen molar-refractivity contribution in [2.75, 3.05) is 5.73 Å². The van der Waals surface area contributed by atoms with Gasteiger partial charge in [0.05, 0.1) is 0 Å². The average molecular weight is 123 g/mol. The van der Waals surface area contributed by atoms with Gasteiger partial charge in [0.15, 0.2) is 0 Å². The van der Waals surface area contributed by atoms with Gasteiger partial charge in [0.25, 0.3) is 0 Å². The molecule has 2 N–H and O–H groups in total. The van der Waals surface area contributed by atoms with E-state index in [0.29, 0.717) is 5.82 Å². The van der Waals surface area contributed by atoms with Gasteiger partial charge in [-0.25, -0.2) is 9.97 Å². The van der Waals surface area contributed by atoms with Crippen LogP contribution >= 0.6 is 0 Å². The Balaban J connectivity index is 3.01. The third-order valence-electron chi connectivity index (χ3n) is 1.20. The second-order valence-electron chi connectivity index (χ2n) is 1.79. The number of anilines is 1. The molecule has 1 aromatic heterocycles. The molecule has 3 nitrogen and oxygen atoms in total. The van der Waals surface area contributed by atoms with Crippen LogP contribution in [0.5, 0.6) is 0 Å². The monoisotopic (exact) mass is 123 g/mol. The van der Waals surface area contributed by atoms with Gasteiger partial charge in [-0.05, 0) is 6.42 Å². The Morgan fingerprint density at radius 1 is 1.67 bits per heavy atom. The van der Waals surface area contributed by atoms with Gasteiger partial charge in [0, 0.05) is 11.8 Å². The molecular formula is C6H9N3. The first-order valence-corrected chi connectivity index (χ1v) is 2.89. The van der Waals surface area contributed by atoms with Crippen molar-refractivity contribution in [3.05, 3.63) is 18.1 Å². The molecule has 0 bridgehead atoms. The molecule has 0 amide bonds. The summed E-state index contributed by atoms with van der Waals surface area (Å²) in [6.45, 7) is 2.02. The van der Waals surface area contributed by atoms with Gasteiger partial charge in [0.1, 0.15) is 12.1 Å². The number of hydrogen-bond acceptors (Lipinski definition) is 3. The van der Waals surface area contributed by atoms with E-state index in [9.17, 15) is 0 Å². The zero-order chi connectivity index (χ0) is 6.69. The molecule has 9 heavy (non-hydrogen) atoms. The molecule has 0 saturated carbocycles. The number of aromatic nitrogens is 2. The van der Waals surface area contributed by atoms with Crippen molar-refractivity contribution in [1.82, 2.24) is 9.97 Å². The summed E-state index contributed by atoms with van der Waals surface area (Å²) in [6, 6.07) is 0. The fourth-order valence-corrected chi connectivity index (χ4v) is 0.640. The van der Waals surface area contributed by atoms with E-state index < -0.39 is 0 Å². The lowest BCUT2D eigenvalue weighted by atomic mass is 10.2. The highest BCUT2D eigenvalue weighted by Gasteiger charge is 1.93. The molecule has 1 aromatic rings. The van der Waals surface area contributed by atoms with Gasteiger partial charge in [0.2, 0.25) is 0 Å². The van der Waals surface area contributed by atoms with Gasteiger partial charge < -0.3 is 5.73 Å². The molecule has 0 spiro atoms. The number of aryl methyl sites for hydroxylation is 1. The van der Waals surface area contributed by atoms with E-state index in [1.165, 1.54) is 6.33 Å². The summed E-state index contributed by atoms with van der Waals surface area (Å²) in [6.07, 6.45) is 4.09. The molecule has 1 heterocycles. The maximum absolute atomic E-state index is 5.48. The molecule has 0 saturated heterocycles. The van der Waals surface area contributed by atoms with E-state index in [4.69, 9.17) is 5.73 Å². The quantitative estimate of drug-likeness (QED) is 0.595. The lowest BCUT2D eigenvalue weighted by molar-refractivity contribution is 1.05. The first kappa shape index (κ1) is 6.01. The van der Waals surface area contributed by atoms with Crippen molar-refractivity contribution in [2.24, 2.45) is 0 Å². The first-order valence-electron chi connectivity index (χ1n) is 2.89.